The van der Waals surface area contributed by atoms with Crippen molar-refractivity contribution in [2.24, 2.45) is 0 Å². The second-order valence-corrected chi connectivity index (χ2v) is 8.93. The first kappa shape index (κ1) is 27.1. The van der Waals surface area contributed by atoms with Crippen molar-refractivity contribution in [2.45, 2.75) is 55.9 Å². The predicted octanol–water partition coefficient (Wildman–Crippen LogP) is 6.01. The Morgan fingerprint density at radius 1 is 0.935 bits per heavy atom. The van der Waals surface area contributed by atoms with Gasteiger partial charge in [-0.3, -0.25) is 0 Å². The second-order valence-electron chi connectivity index (χ2n) is 6.88. The topological polar surface area (TPSA) is 52.6 Å². The minimum Gasteiger partial charge on any atom is -0.462 e. The molecule has 0 bridgehead atoms. The van der Waals surface area contributed by atoms with Crippen LogP contribution in [0.2, 0.25) is 0 Å². The van der Waals surface area contributed by atoms with E-state index in [1.54, 1.807) is 0 Å². The van der Waals surface area contributed by atoms with Crippen molar-refractivity contribution < 1.29 is 54.2 Å². The summed E-state index contributed by atoms with van der Waals surface area (Å²) in [6, 6.07) is 0.0241. The third kappa shape index (κ3) is 7.62. The van der Waals surface area contributed by atoms with E-state index in [9.17, 15) is 44.7 Å². The van der Waals surface area contributed by atoms with Crippen LogP contribution in [0.25, 0.3) is 0 Å². The van der Waals surface area contributed by atoms with Crippen LogP contribution < -0.4 is 0 Å². The molecule has 4 nitrogen and oxygen atoms in total. The molecule has 1 rings (SSSR count). The molecule has 0 spiro atoms. The van der Waals surface area contributed by atoms with Crippen LogP contribution in [0.1, 0.15) is 48.7 Å². The van der Waals surface area contributed by atoms with E-state index in [0.717, 1.165) is 0 Å². The summed E-state index contributed by atoms with van der Waals surface area (Å²) in [5.74, 6) is -7.78. The molecule has 0 amide bonds. The largest absolute Gasteiger partial charge is 0.462 e. The molecular formula is C18H17BrF8O4. The predicted molar refractivity (Wildman–Crippen MR) is 94.9 cm³/mol. The van der Waals surface area contributed by atoms with Crippen molar-refractivity contribution in [2.75, 3.05) is 6.61 Å². The summed E-state index contributed by atoms with van der Waals surface area (Å²) in [4.78, 5) is 23.7. The standard InChI is InChI=1S/C18H17BrF8O4/c1-4-30-14(29)16(20,21)8-12(15(2,3)19)31-13(28)9-5-10(17(22,23)24)7-11(6-9)18(25,26)27/h5-7,12H,4,8H2,1-3H3. The molecule has 0 N–H and O–H groups in total. The lowest BCUT2D eigenvalue weighted by Gasteiger charge is -2.31. The highest BCUT2D eigenvalue weighted by atomic mass is 79.9. The van der Waals surface area contributed by atoms with Gasteiger partial charge in [-0.05, 0) is 39.0 Å². The maximum Gasteiger partial charge on any atom is 0.416 e. The van der Waals surface area contributed by atoms with E-state index in [0.29, 0.717) is 0 Å². The minimum absolute atomic E-state index is 0.110. The first-order valence-corrected chi connectivity index (χ1v) is 9.32. The normalized spacial score (nSPS) is 14.2. The maximum absolute atomic E-state index is 14.1. The van der Waals surface area contributed by atoms with E-state index in [1.165, 1.54) is 20.8 Å². The van der Waals surface area contributed by atoms with Gasteiger partial charge in [0.2, 0.25) is 0 Å². The van der Waals surface area contributed by atoms with Gasteiger partial charge in [-0.2, -0.15) is 35.1 Å². The molecule has 0 radical (unpaired) electrons. The van der Waals surface area contributed by atoms with Gasteiger partial charge >= 0.3 is 30.2 Å². The average Bonchev–Trinajstić information content (AvgIpc) is 2.58. The number of carbonyl (C=O) groups excluding carboxylic acids is 2. The summed E-state index contributed by atoms with van der Waals surface area (Å²) in [6.07, 6.45) is -13.7. The molecule has 0 fully saturated rings. The fraction of sp³-hybridized carbons (Fsp3) is 0.556. The monoisotopic (exact) mass is 528 g/mol. The number of rotatable bonds is 7. The molecule has 0 aliphatic heterocycles. The summed E-state index contributed by atoms with van der Waals surface area (Å²) in [6.45, 7) is 3.39. The van der Waals surface area contributed by atoms with E-state index >= 15 is 0 Å². The smallest absolute Gasteiger partial charge is 0.416 e. The number of alkyl halides is 9. The summed E-state index contributed by atoms with van der Waals surface area (Å²) < 4.78 is 114. The molecule has 1 unspecified atom stereocenters. The molecule has 13 heteroatoms. The molecular weight excluding hydrogens is 512 g/mol. The van der Waals surface area contributed by atoms with Crippen molar-refractivity contribution >= 4 is 27.9 Å². The lowest BCUT2D eigenvalue weighted by molar-refractivity contribution is -0.176. The van der Waals surface area contributed by atoms with Crippen molar-refractivity contribution in [3.63, 3.8) is 0 Å². The van der Waals surface area contributed by atoms with Crippen LogP contribution in [0.15, 0.2) is 18.2 Å². The van der Waals surface area contributed by atoms with Gasteiger partial charge in [0.1, 0.15) is 6.10 Å². The van der Waals surface area contributed by atoms with E-state index in [2.05, 4.69) is 20.7 Å². The first-order valence-electron chi connectivity index (χ1n) is 8.53. The Hall–Kier alpha value is -1.92. The summed E-state index contributed by atoms with van der Waals surface area (Å²) in [7, 11) is 0. The van der Waals surface area contributed by atoms with Crippen LogP contribution in [0.3, 0.4) is 0 Å². The van der Waals surface area contributed by atoms with Crippen LogP contribution in [0.4, 0.5) is 35.1 Å². The van der Waals surface area contributed by atoms with E-state index < -0.39 is 63.8 Å². The van der Waals surface area contributed by atoms with Gasteiger partial charge in [0.25, 0.3) is 0 Å². The average molecular weight is 529 g/mol. The van der Waals surface area contributed by atoms with Gasteiger partial charge in [-0.25, -0.2) is 9.59 Å². The van der Waals surface area contributed by atoms with E-state index in [1.807, 2.05) is 0 Å². The minimum atomic E-state index is -5.22. The molecule has 176 valence electrons. The van der Waals surface area contributed by atoms with Gasteiger partial charge in [-0.15, -0.1) is 0 Å². The van der Waals surface area contributed by atoms with Crippen LogP contribution in [0, 0.1) is 0 Å². The number of esters is 2. The highest BCUT2D eigenvalue weighted by Crippen LogP contribution is 2.38. The van der Waals surface area contributed by atoms with Gasteiger partial charge < -0.3 is 9.47 Å². The molecule has 0 saturated heterocycles. The Morgan fingerprint density at radius 3 is 1.74 bits per heavy atom. The molecule has 0 aliphatic rings. The fourth-order valence-electron chi connectivity index (χ4n) is 2.25. The second kappa shape index (κ2) is 9.29. The number of hydrogen-bond acceptors (Lipinski definition) is 4. The number of benzene rings is 1. The summed E-state index contributed by atoms with van der Waals surface area (Å²) in [5.41, 5.74) is -4.70. The molecule has 1 aromatic rings. The maximum atomic E-state index is 14.1. The van der Waals surface area contributed by atoms with Crippen LogP contribution in [-0.2, 0) is 26.6 Å². The van der Waals surface area contributed by atoms with Gasteiger partial charge in [0.05, 0.1) is 34.0 Å². The van der Waals surface area contributed by atoms with Gasteiger partial charge in [-0.1, -0.05) is 15.9 Å². The van der Waals surface area contributed by atoms with Gasteiger partial charge in [0, 0.05) is 0 Å². The molecule has 0 aromatic heterocycles. The summed E-state index contributed by atoms with van der Waals surface area (Å²) in [5, 5.41) is 0. The lowest BCUT2D eigenvalue weighted by atomic mass is 9.99. The Labute approximate surface area is 180 Å². The highest BCUT2D eigenvalue weighted by molar-refractivity contribution is 9.10. The molecule has 31 heavy (non-hydrogen) atoms. The number of ether oxygens (including phenoxy) is 2. The first-order chi connectivity index (χ1) is 13.8. The van der Waals surface area contributed by atoms with Crippen molar-refractivity contribution in [3.8, 4) is 0 Å². The zero-order valence-electron chi connectivity index (χ0n) is 16.3. The highest BCUT2D eigenvalue weighted by Gasteiger charge is 2.47. The Kier molecular flexibility index (Phi) is 8.13. The Bertz CT molecular complexity index is 780. The third-order valence-electron chi connectivity index (χ3n) is 3.85. The molecule has 0 saturated carbocycles. The lowest BCUT2D eigenvalue weighted by Crippen LogP contribution is -2.43. The van der Waals surface area contributed by atoms with Crippen LogP contribution in [0.5, 0.6) is 0 Å². The quantitative estimate of drug-likeness (QED) is 0.247. The van der Waals surface area contributed by atoms with Crippen LogP contribution in [-0.4, -0.2) is 34.9 Å². The molecule has 0 aliphatic carbocycles. The summed E-state index contributed by atoms with van der Waals surface area (Å²) >= 11 is 2.96. The molecule has 1 atom stereocenters. The number of carbonyl (C=O) groups is 2. The molecule has 0 heterocycles. The molecule has 1 aromatic carbocycles. The van der Waals surface area contributed by atoms with Crippen molar-refractivity contribution in [3.05, 3.63) is 34.9 Å². The fourth-order valence-corrected chi connectivity index (χ4v) is 2.50. The number of halogens is 9. The SMILES string of the molecule is CCOC(=O)C(F)(F)CC(OC(=O)c1cc(C(F)(F)F)cc(C(F)(F)F)c1)C(C)(C)Br. The van der Waals surface area contributed by atoms with Gasteiger partial charge in [0.15, 0.2) is 0 Å². The van der Waals surface area contributed by atoms with Crippen molar-refractivity contribution in [1.82, 2.24) is 0 Å². The van der Waals surface area contributed by atoms with Crippen molar-refractivity contribution in [1.29, 1.82) is 0 Å². The van der Waals surface area contributed by atoms with Crippen LogP contribution >= 0.6 is 15.9 Å². The van der Waals surface area contributed by atoms with E-state index in [-0.39, 0.29) is 24.8 Å². The Morgan fingerprint density at radius 2 is 1.39 bits per heavy atom. The zero-order chi connectivity index (χ0) is 24.4. The number of hydrogen-bond donors (Lipinski definition) is 0. The third-order valence-corrected chi connectivity index (χ3v) is 4.36. The zero-order valence-corrected chi connectivity index (χ0v) is 17.8. The van der Waals surface area contributed by atoms with E-state index in [4.69, 9.17) is 4.74 Å². The Balaban J connectivity index is 3.32.